The molecule has 0 fully saturated rings. The molecule has 0 saturated heterocycles. The SMILES string of the molecule is Cc1cc(CNCCC2CNc3ccccc32)sc1C. The molecule has 1 aromatic heterocycles. The van der Waals surface area contributed by atoms with Crippen molar-refractivity contribution in [3.05, 3.63) is 51.2 Å². The van der Waals surface area contributed by atoms with E-state index in [1.54, 1.807) is 0 Å². The number of aryl methyl sites for hydroxylation is 2. The summed E-state index contributed by atoms with van der Waals surface area (Å²) in [6.07, 6.45) is 1.20. The third-order valence-corrected chi connectivity index (χ3v) is 5.28. The summed E-state index contributed by atoms with van der Waals surface area (Å²) in [5, 5.41) is 7.08. The fourth-order valence-corrected chi connectivity index (χ4v) is 3.86. The summed E-state index contributed by atoms with van der Waals surface area (Å²) < 4.78 is 0. The maximum Gasteiger partial charge on any atom is 0.0376 e. The highest BCUT2D eigenvalue weighted by Crippen LogP contribution is 2.32. The van der Waals surface area contributed by atoms with E-state index in [0.717, 1.165) is 19.6 Å². The number of thiophene rings is 1. The van der Waals surface area contributed by atoms with Crippen molar-refractivity contribution in [3.8, 4) is 0 Å². The zero-order chi connectivity index (χ0) is 13.9. The molecule has 2 N–H and O–H groups in total. The number of anilines is 1. The summed E-state index contributed by atoms with van der Waals surface area (Å²) in [5.41, 5.74) is 4.22. The Bertz CT molecular complexity index is 569. The summed E-state index contributed by atoms with van der Waals surface area (Å²) in [7, 11) is 0. The summed E-state index contributed by atoms with van der Waals surface area (Å²) >= 11 is 1.91. The Hall–Kier alpha value is -1.32. The van der Waals surface area contributed by atoms with Crippen LogP contribution in [0.1, 0.15) is 33.2 Å². The molecule has 1 aliphatic heterocycles. The first-order valence-electron chi connectivity index (χ1n) is 7.33. The molecule has 2 heterocycles. The lowest BCUT2D eigenvalue weighted by molar-refractivity contribution is 0.595. The standard InChI is InChI=1S/C17H22N2S/c1-12-9-15(20-13(12)2)11-18-8-7-14-10-19-17-6-4-3-5-16(14)17/h3-6,9,14,18-19H,7-8,10-11H2,1-2H3. The Morgan fingerprint density at radius 3 is 2.95 bits per heavy atom. The van der Waals surface area contributed by atoms with Crippen LogP contribution < -0.4 is 10.6 Å². The Balaban J connectivity index is 1.47. The quantitative estimate of drug-likeness (QED) is 0.810. The van der Waals surface area contributed by atoms with Gasteiger partial charge in [0.05, 0.1) is 0 Å². The van der Waals surface area contributed by atoms with E-state index in [-0.39, 0.29) is 0 Å². The predicted octanol–water partition coefficient (Wildman–Crippen LogP) is 4.05. The van der Waals surface area contributed by atoms with Gasteiger partial charge in [0.2, 0.25) is 0 Å². The van der Waals surface area contributed by atoms with Gasteiger partial charge < -0.3 is 10.6 Å². The summed E-state index contributed by atoms with van der Waals surface area (Å²) in [4.78, 5) is 2.89. The number of para-hydroxylation sites is 1. The zero-order valence-electron chi connectivity index (χ0n) is 12.2. The molecule has 106 valence electrons. The minimum absolute atomic E-state index is 0.658. The Labute approximate surface area is 125 Å². The lowest BCUT2D eigenvalue weighted by atomic mass is 9.98. The summed E-state index contributed by atoms with van der Waals surface area (Å²) in [5.74, 6) is 0.658. The smallest absolute Gasteiger partial charge is 0.0376 e. The van der Waals surface area contributed by atoms with Crippen molar-refractivity contribution in [2.24, 2.45) is 0 Å². The van der Waals surface area contributed by atoms with E-state index < -0.39 is 0 Å². The van der Waals surface area contributed by atoms with Crippen molar-refractivity contribution in [2.45, 2.75) is 32.7 Å². The molecular formula is C17H22N2S. The van der Waals surface area contributed by atoms with Gasteiger partial charge in [-0.25, -0.2) is 0 Å². The molecular weight excluding hydrogens is 264 g/mol. The fraction of sp³-hybridized carbons (Fsp3) is 0.412. The number of benzene rings is 1. The summed E-state index contributed by atoms with van der Waals surface area (Å²) in [6, 6.07) is 11.0. The molecule has 1 aromatic carbocycles. The van der Waals surface area contributed by atoms with Crippen LogP contribution in [0.5, 0.6) is 0 Å². The van der Waals surface area contributed by atoms with Crippen LogP contribution in [0.15, 0.2) is 30.3 Å². The molecule has 1 unspecified atom stereocenters. The van der Waals surface area contributed by atoms with Crippen molar-refractivity contribution in [2.75, 3.05) is 18.4 Å². The van der Waals surface area contributed by atoms with Crippen LogP contribution in [0, 0.1) is 13.8 Å². The second kappa shape index (κ2) is 5.98. The van der Waals surface area contributed by atoms with Gasteiger partial charge in [0.15, 0.2) is 0 Å². The monoisotopic (exact) mass is 286 g/mol. The topological polar surface area (TPSA) is 24.1 Å². The van der Waals surface area contributed by atoms with Gasteiger partial charge in [0.1, 0.15) is 0 Å². The van der Waals surface area contributed by atoms with E-state index in [1.807, 2.05) is 11.3 Å². The number of rotatable bonds is 5. The van der Waals surface area contributed by atoms with E-state index >= 15 is 0 Å². The van der Waals surface area contributed by atoms with Gasteiger partial charge in [0.25, 0.3) is 0 Å². The first-order chi connectivity index (χ1) is 9.74. The van der Waals surface area contributed by atoms with Crippen LogP contribution >= 0.6 is 11.3 Å². The normalized spacial score (nSPS) is 17.0. The van der Waals surface area contributed by atoms with Gasteiger partial charge in [-0.15, -0.1) is 11.3 Å². The van der Waals surface area contributed by atoms with Crippen molar-refractivity contribution in [3.63, 3.8) is 0 Å². The van der Waals surface area contributed by atoms with E-state index in [1.165, 1.54) is 33.0 Å². The molecule has 2 nitrogen and oxygen atoms in total. The zero-order valence-corrected chi connectivity index (χ0v) is 13.0. The van der Waals surface area contributed by atoms with Crippen LogP contribution in [0.3, 0.4) is 0 Å². The van der Waals surface area contributed by atoms with Gasteiger partial charge in [-0.2, -0.15) is 0 Å². The molecule has 3 heteroatoms. The predicted molar refractivity (Wildman–Crippen MR) is 87.8 cm³/mol. The second-order valence-electron chi connectivity index (χ2n) is 5.58. The molecule has 0 bridgehead atoms. The van der Waals surface area contributed by atoms with Crippen LogP contribution in [-0.4, -0.2) is 13.1 Å². The Kier molecular flexibility index (Phi) is 4.08. The van der Waals surface area contributed by atoms with Crippen LogP contribution in [0.2, 0.25) is 0 Å². The van der Waals surface area contributed by atoms with Gasteiger partial charge >= 0.3 is 0 Å². The Morgan fingerprint density at radius 1 is 1.30 bits per heavy atom. The maximum absolute atomic E-state index is 3.58. The minimum Gasteiger partial charge on any atom is -0.384 e. The fourth-order valence-electron chi connectivity index (χ4n) is 2.84. The lowest BCUT2D eigenvalue weighted by Gasteiger charge is -2.10. The molecule has 1 aliphatic rings. The van der Waals surface area contributed by atoms with E-state index in [4.69, 9.17) is 0 Å². The average Bonchev–Trinajstić information content (AvgIpc) is 3.00. The van der Waals surface area contributed by atoms with E-state index in [9.17, 15) is 0 Å². The number of fused-ring (bicyclic) bond motifs is 1. The number of hydrogen-bond acceptors (Lipinski definition) is 3. The lowest BCUT2D eigenvalue weighted by Crippen LogP contribution is -2.17. The molecule has 0 aliphatic carbocycles. The summed E-state index contributed by atoms with van der Waals surface area (Å²) in [6.45, 7) is 7.55. The van der Waals surface area contributed by atoms with E-state index in [2.05, 4.69) is 54.8 Å². The van der Waals surface area contributed by atoms with Crippen molar-refractivity contribution >= 4 is 17.0 Å². The highest BCUT2D eigenvalue weighted by molar-refractivity contribution is 7.12. The molecule has 3 rings (SSSR count). The van der Waals surface area contributed by atoms with Gasteiger partial charge in [-0.05, 0) is 50.1 Å². The first kappa shape index (κ1) is 13.7. The highest BCUT2D eigenvalue weighted by atomic mass is 32.1. The molecule has 1 atom stereocenters. The molecule has 0 amide bonds. The van der Waals surface area contributed by atoms with Gasteiger partial charge in [0, 0.05) is 34.4 Å². The second-order valence-corrected chi connectivity index (χ2v) is 6.92. The molecule has 0 saturated carbocycles. The van der Waals surface area contributed by atoms with Crippen LogP contribution in [-0.2, 0) is 6.54 Å². The number of hydrogen-bond donors (Lipinski definition) is 2. The minimum atomic E-state index is 0.658. The molecule has 0 radical (unpaired) electrons. The average molecular weight is 286 g/mol. The maximum atomic E-state index is 3.58. The molecule has 0 spiro atoms. The third kappa shape index (κ3) is 2.89. The van der Waals surface area contributed by atoms with Crippen molar-refractivity contribution in [1.82, 2.24) is 5.32 Å². The third-order valence-electron chi connectivity index (χ3n) is 4.13. The Morgan fingerprint density at radius 2 is 2.15 bits per heavy atom. The van der Waals surface area contributed by atoms with Gasteiger partial charge in [-0.3, -0.25) is 0 Å². The van der Waals surface area contributed by atoms with Crippen molar-refractivity contribution < 1.29 is 0 Å². The molecule has 20 heavy (non-hydrogen) atoms. The van der Waals surface area contributed by atoms with Crippen molar-refractivity contribution in [1.29, 1.82) is 0 Å². The largest absolute Gasteiger partial charge is 0.384 e. The van der Waals surface area contributed by atoms with Gasteiger partial charge in [-0.1, -0.05) is 18.2 Å². The van der Waals surface area contributed by atoms with E-state index in [0.29, 0.717) is 5.92 Å². The highest BCUT2D eigenvalue weighted by Gasteiger charge is 2.20. The molecule has 2 aromatic rings. The number of nitrogens with one attached hydrogen (secondary N) is 2. The van der Waals surface area contributed by atoms with Crippen LogP contribution in [0.25, 0.3) is 0 Å². The van der Waals surface area contributed by atoms with Crippen LogP contribution in [0.4, 0.5) is 5.69 Å². The first-order valence-corrected chi connectivity index (χ1v) is 8.15.